The summed E-state index contributed by atoms with van der Waals surface area (Å²) in [5.41, 5.74) is 2.16. The molecule has 0 saturated heterocycles. The molecule has 0 fully saturated rings. The maximum absolute atomic E-state index is 12.4. The molecule has 0 aliphatic carbocycles. The molecule has 0 unspecified atom stereocenters. The van der Waals surface area contributed by atoms with Crippen molar-refractivity contribution < 1.29 is 0 Å². The number of rotatable bonds is 4. The Labute approximate surface area is 149 Å². The predicted octanol–water partition coefficient (Wildman–Crippen LogP) is 3.44. The van der Waals surface area contributed by atoms with E-state index >= 15 is 0 Å². The predicted molar refractivity (Wildman–Crippen MR) is 100 cm³/mol. The van der Waals surface area contributed by atoms with Gasteiger partial charge in [-0.25, -0.2) is 9.97 Å². The van der Waals surface area contributed by atoms with E-state index in [-0.39, 0.29) is 5.56 Å². The van der Waals surface area contributed by atoms with Gasteiger partial charge in [-0.2, -0.15) is 0 Å². The molecule has 0 aliphatic rings. The molecule has 0 bridgehead atoms. The van der Waals surface area contributed by atoms with Gasteiger partial charge < -0.3 is 9.55 Å². The average molecular weight is 350 g/mol. The van der Waals surface area contributed by atoms with Gasteiger partial charge >= 0.3 is 0 Å². The number of benzene rings is 1. The van der Waals surface area contributed by atoms with Gasteiger partial charge in [-0.3, -0.25) is 4.79 Å². The summed E-state index contributed by atoms with van der Waals surface area (Å²) >= 11 is 1.57. The number of aromatic amines is 1. The van der Waals surface area contributed by atoms with Crippen LogP contribution in [-0.2, 0) is 13.0 Å². The summed E-state index contributed by atoms with van der Waals surface area (Å²) in [5, 5.41) is 0.707. The first kappa shape index (κ1) is 15.8. The molecule has 1 aromatic carbocycles. The normalized spacial score (nSPS) is 11.3. The lowest BCUT2D eigenvalue weighted by Crippen LogP contribution is -2.14. The number of fused-ring (bicyclic) bond motifs is 1. The maximum Gasteiger partial charge on any atom is 0.259 e. The van der Waals surface area contributed by atoms with E-state index in [2.05, 4.69) is 31.7 Å². The highest BCUT2D eigenvalue weighted by atomic mass is 32.1. The Bertz CT molecular complexity index is 1090. The Balaban J connectivity index is 1.66. The van der Waals surface area contributed by atoms with E-state index in [0.717, 1.165) is 27.6 Å². The monoisotopic (exact) mass is 350 g/mol. The summed E-state index contributed by atoms with van der Waals surface area (Å²) in [5.74, 6) is 1.54. The highest BCUT2D eigenvalue weighted by Crippen LogP contribution is 2.25. The standard InChI is InChI=1S/C19H18N4OS/c1-12-13(2)25-19-17(12)18(24)21-15(22-19)10-16-20-8-9-23(16)11-14-6-4-3-5-7-14/h3-9H,10-11H2,1-2H3,(H,21,22,24). The van der Waals surface area contributed by atoms with E-state index in [1.165, 1.54) is 5.56 Å². The molecule has 25 heavy (non-hydrogen) atoms. The zero-order chi connectivity index (χ0) is 17.4. The Morgan fingerprint density at radius 1 is 1.20 bits per heavy atom. The fourth-order valence-corrected chi connectivity index (χ4v) is 4.01. The minimum atomic E-state index is -0.0667. The van der Waals surface area contributed by atoms with Gasteiger partial charge in [0.05, 0.1) is 11.8 Å². The summed E-state index contributed by atoms with van der Waals surface area (Å²) in [7, 11) is 0. The number of aryl methyl sites for hydroxylation is 2. The van der Waals surface area contributed by atoms with Gasteiger partial charge in [0.1, 0.15) is 16.5 Å². The van der Waals surface area contributed by atoms with Crippen LogP contribution in [0.2, 0.25) is 0 Å². The number of nitrogens with one attached hydrogen (secondary N) is 1. The highest BCUT2D eigenvalue weighted by molar-refractivity contribution is 7.18. The van der Waals surface area contributed by atoms with E-state index in [0.29, 0.717) is 17.6 Å². The van der Waals surface area contributed by atoms with Crippen LogP contribution in [0.15, 0.2) is 47.5 Å². The fourth-order valence-electron chi connectivity index (χ4n) is 2.96. The van der Waals surface area contributed by atoms with Crippen molar-refractivity contribution in [1.82, 2.24) is 19.5 Å². The van der Waals surface area contributed by atoms with Crippen molar-refractivity contribution in [1.29, 1.82) is 0 Å². The molecule has 0 atom stereocenters. The first-order valence-electron chi connectivity index (χ1n) is 8.14. The fraction of sp³-hybridized carbons (Fsp3) is 0.211. The lowest BCUT2D eigenvalue weighted by Gasteiger charge is -2.08. The quantitative estimate of drug-likeness (QED) is 0.613. The topological polar surface area (TPSA) is 63.6 Å². The van der Waals surface area contributed by atoms with Gasteiger partial charge in [0.25, 0.3) is 5.56 Å². The van der Waals surface area contributed by atoms with Crippen LogP contribution in [0.5, 0.6) is 0 Å². The number of nitrogens with zero attached hydrogens (tertiary/aromatic N) is 3. The van der Waals surface area contributed by atoms with Crippen molar-refractivity contribution in [2.45, 2.75) is 26.8 Å². The average Bonchev–Trinajstić information content (AvgIpc) is 3.13. The van der Waals surface area contributed by atoms with E-state index < -0.39 is 0 Å². The number of H-pyrrole nitrogens is 1. The summed E-state index contributed by atoms with van der Waals surface area (Å²) in [6.45, 7) is 4.74. The minimum Gasteiger partial charge on any atom is -0.330 e. The third-order valence-electron chi connectivity index (χ3n) is 4.41. The Kier molecular flexibility index (Phi) is 3.97. The van der Waals surface area contributed by atoms with Crippen molar-refractivity contribution in [3.8, 4) is 0 Å². The second-order valence-electron chi connectivity index (χ2n) is 6.11. The molecule has 1 N–H and O–H groups in total. The molecule has 4 aromatic rings. The third kappa shape index (κ3) is 3.00. The third-order valence-corrected chi connectivity index (χ3v) is 5.51. The van der Waals surface area contributed by atoms with Crippen molar-refractivity contribution in [3.05, 3.63) is 80.7 Å². The zero-order valence-corrected chi connectivity index (χ0v) is 14.9. The molecular formula is C19H18N4OS. The highest BCUT2D eigenvalue weighted by Gasteiger charge is 2.13. The maximum atomic E-state index is 12.4. The molecule has 5 nitrogen and oxygen atoms in total. The van der Waals surface area contributed by atoms with Gasteiger partial charge in [-0.05, 0) is 25.0 Å². The summed E-state index contributed by atoms with van der Waals surface area (Å²) in [4.78, 5) is 26.4. The SMILES string of the molecule is Cc1sc2nc(Cc3nccn3Cc3ccccc3)[nH]c(=O)c2c1C. The van der Waals surface area contributed by atoms with Crippen LogP contribution in [-0.4, -0.2) is 19.5 Å². The number of thiophene rings is 1. The Morgan fingerprint density at radius 3 is 2.80 bits per heavy atom. The second-order valence-corrected chi connectivity index (χ2v) is 7.31. The van der Waals surface area contributed by atoms with Crippen LogP contribution in [0.3, 0.4) is 0 Å². The lowest BCUT2D eigenvalue weighted by molar-refractivity contribution is 0.728. The summed E-state index contributed by atoms with van der Waals surface area (Å²) in [6, 6.07) is 10.2. The molecule has 0 radical (unpaired) electrons. The van der Waals surface area contributed by atoms with Crippen molar-refractivity contribution >= 4 is 21.6 Å². The minimum absolute atomic E-state index is 0.0667. The number of aromatic nitrogens is 4. The summed E-state index contributed by atoms with van der Waals surface area (Å²) in [6.07, 6.45) is 4.24. The summed E-state index contributed by atoms with van der Waals surface area (Å²) < 4.78 is 2.09. The van der Waals surface area contributed by atoms with Gasteiger partial charge in [0.2, 0.25) is 0 Å². The van der Waals surface area contributed by atoms with Crippen LogP contribution in [0.1, 0.15) is 27.7 Å². The Morgan fingerprint density at radius 2 is 2.00 bits per heavy atom. The number of imidazole rings is 1. The first-order valence-corrected chi connectivity index (χ1v) is 8.96. The van der Waals surface area contributed by atoms with E-state index in [1.54, 1.807) is 17.5 Å². The molecule has 0 spiro atoms. The van der Waals surface area contributed by atoms with E-state index in [1.807, 2.05) is 38.2 Å². The molecule has 6 heteroatoms. The smallest absolute Gasteiger partial charge is 0.259 e. The lowest BCUT2D eigenvalue weighted by atomic mass is 10.2. The van der Waals surface area contributed by atoms with Crippen molar-refractivity contribution in [3.63, 3.8) is 0 Å². The van der Waals surface area contributed by atoms with Crippen LogP contribution < -0.4 is 5.56 Å². The molecule has 3 aromatic heterocycles. The molecule has 4 rings (SSSR count). The van der Waals surface area contributed by atoms with Crippen molar-refractivity contribution in [2.75, 3.05) is 0 Å². The second kappa shape index (κ2) is 6.29. The van der Waals surface area contributed by atoms with Crippen LogP contribution >= 0.6 is 11.3 Å². The molecule has 0 amide bonds. The largest absolute Gasteiger partial charge is 0.330 e. The molecule has 126 valence electrons. The van der Waals surface area contributed by atoms with Crippen LogP contribution in [0.25, 0.3) is 10.2 Å². The van der Waals surface area contributed by atoms with Gasteiger partial charge in [0, 0.05) is 23.8 Å². The van der Waals surface area contributed by atoms with Crippen LogP contribution in [0.4, 0.5) is 0 Å². The zero-order valence-electron chi connectivity index (χ0n) is 14.1. The molecular weight excluding hydrogens is 332 g/mol. The van der Waals surface area contributed by atoms with Gasteiger partial charge in [-0.1, -0.05) is 30.3 Å². The molecule has 0 aliphatic heterocycles. The van der Waals surface area contributed by atoms with Gasteiger partial charge in [-0.15, -0.1) is 11.3 Å². The number of hydrogen-bond donors (Lipinski definition) is 1. The van der Waals surface area contributed by atoms with Crippen LogP contribution in [0, 0.1) is 13.8 Å². The molecule has 3 heterocycles. The first-order chi connectivity index (χ1) is 12.1. The Hall–Kier alpha value is -2.73. The van der Waals surface area contributed by atoms with Crippen molar-refractivity contribution in [2.24, 2.45) is 0 Å². The van der Waals surface area contributed by atoms with E-state index in [4.69, 9.17) is 0 Å². The van der Waals surface area contributed by atoms with E-state index in [9.17, 15) is 4.79 Å². The van der Waals surface area contributed by atoms with Gasteiger partial charge in [0.15, 0.2) is 0 Å². The molecule has 0 saturated carbocycles. The number of hydrogen-bond acceptors (Lipinski definition) is 4.